The van der Waals surface area contributed by atoms with Crippen molar-refractivity contribution in [1.82, 2.24) is 5.32 Å². The van der Waals surface area contributed by atoms with Crippen LogP contribution >= 0.6 is 0 Å². The van der Waals surface area contributed by atoms with Crippen LogP contribution in [0.2, 0.25) is 0 Å². The normalized spacial score (nSPS) is 15.2. The molecule has 1 aromatic rings. The highest BCUT2D eigenvalue weighted by molar-refractivity contribution is 5.19. The Kier molecular flexibility index (Phi) is 6.53. The minimum atomic E-state index is -0.195. The van der Waals surface area contributed by atoms with E-state index in [1.54, 1.807) is 0 Å². The first kappa shape index (κ1) is 16.2. The molecule has 0 bridgehead atoms. The number of hydrogen-bond donors (Lipinski definition) is 2. The molecule has 0 aliphatic carbocycles. The van der Waals surface area contributed by atoms with Crippen LogP contribution in [0.5, 0.6) is 0 Å². The van der Waals surface area contributed by atoms with Crippen LogP contribution in [0.25, 0.3) is 0 Å². The minimum Gasteiger partial charge on any atom is -0.393 e. The average molecular weight is 263 g/mol. The van der Waals surface area contributed by atoms with E-state index in [2.05, 4.69) is 56.4 Å². The van der Waals surface area contributed by atoms with Gasteiger partial charge in [-0.1, -0.05) is 51.1 Å². The first-order valence-corrected chi connectivity index (χ1v) is 7.35. The molecular formula is C17H29NO. The maximum atomic E-state index is 9.29. The van der Waals surface area contributed by atoms with Gasteiger partial charge in [0.25, 0.3) is 0 Å². The van der Waals surface area contributed by atoms with Gasteiger partial charge in [-0.2, -0.15) is 0 Å². The molecule has 0 saturated carbocycles. The minimum absolute atomic E-state index is 0.195. The third kappa shape index (κ3) is 7.34. The molecular weight excluding hydrogens is 234 g/mol. The van der Waals surface area contributed by atoms with Crippen molar-refractivity contribution in [3.63, 3.8) is 0 Å². The van der Waals surface area contributed by atoms with Crippen LogP contribution in [0.3, 0.4) is 0 Å². The number of benzene rings is 1. The molecule has 108 valence electrons. The van der Waals surface area contributed by atoms with Crippen molar-refractivity contribution in [3.05, 3.63) is 35.9 Å². The van der Waals surface area contributed by atoms with Crippen LogP contribution in [0.1, 0.15) is 58.6 Å². The lowest BCUT2D eigenvalue weighted by atomic mass is 9.85. The molecule has 0 spiro atoms. The van der Waals surface area contributed by atoms with Gasteiger partial charge in [0.15, 0.2) is 0 Å². The molecule has 0 aromatic heterocycles. The number of aliphatic hydroxyl groups excluding tert-OH is 1. The summed E-state index contributed by atoms with van der Waals surface area (Å²) in [7, 11) is 0. The second-order valence-corrected chi connectivity index (χ2v) is 6.67. The third-order valence-electron chi connectivity index (χ3n) is 3.21. The summed E-state index contributed by atoms with van der Waals surface area (Å²) in [5.74, 6) is 0. The summed E-state index contributed by atoms with van der Waals surface area (Å²) in [6.07, 6.45) is 2.81. The summed E-state index contributed by atoms with van der Waals surface area (Å²) in [4.78, 5) is 0. The summed E-state index contributed by atoms with van der Waals surface area (Å²) in [5, 5.41) is 12.9. The molecule has 0 saturated heterocycles. The zero-order valence-electron chi connectivity index (χ0n) is 12.8. The number of nitrogens with one attached hydrogen (secondary N) is 1. The van der Waals surface area contributed by atoms with Gasteiger partial charge in [0, 0.05) is 6.04 Å². The maximum absolute atomic E-state index is 9.29. The van der Waals surface area contributed by atoms with E-state index in [4.69, 9.17) is 0 Å². The Labute approximate surface area is 118 Å². The Morgan fingerprint density at radius 3 is 2.32 bits per heavy atom. The molecule has 1 aromatic carbocycles. The van der Waals surface area contributed by atoms with Crippen molar-refractivity contribution in [3.8, 4) is 0 Å². The highest BCUT2D eigenvalue weighted by Gasteiger charge is 2.19. The predicted molar refractivity (Wildman–Crippen MR) is 82.2 cm³/mol. The fraction of sp³-hybridized carbons (Fsp3) is 0.647. The lowest BCUT2D eigenvalue weighted by Crippen LogP contribution is -2.27. The number of hydrogen-bond acceptors (Lipinski definition) is 2. The number of rotatable bonds is 7. The molecule has 0 amide bonds. The van der Waals surface area contributed by atoms with Crippen LogP contribution < -0.4 is 5.32 Å². The third-order valence-corrected chi connectivity index (χ3v) is 3.21. The first-order chi connectivity index (χ1) is 8.88. The highest BCUT2D eigenvalue weighted by Crippen LogP contribution is 2.29. The molecule has 2 unspecified atom stereocenters. The first-order valence-electron chi connectivity index (χ1n) is 7.35. The summed E-state index contributed by atoms with van der Waals surface area (Å²) in [6.45, 7) is 9.64. The zero-order chi connectivity index (χ0) is 14.3. The van der Waals surface area contributed by atoms with E-state index >= 15 is 0 Å². The fourth-order valence-corrected chi connectivity index (χ4v) is 2.28. The molecule has 2 atom stereocenters. The van der Waals surface area contributed by atoms with E-state index < -0.39 is 0 Å². The van der Waals surface area contributed by atoms with Gasteiger partial charge >= 0.3 is 0 Å². The van der Waals surface area contributed by atoms with Crippen LogP contribution in [0, 0.1) is 5.41 Å². The van der Waals surface area contributed by atoms with E-state index in [-0.39, 0.29) is 6.10 Å². The highest BCUT2D eigenvalue weighted by atomic mass is 16.3. The number of aliphatic hydroxyl groups is 1. The van der Waals surface area contributed by atoms with Crippen LogP contribution in [0.4, 0.5) is 0 Å². The van der Waals surface area contributed by atoms with Crippen LogP contribution in [-0.4, -0.2) is 17.8 Å². The van der Waals surface area contributed by atoms with Gasteiger partial charge in [0.2, 0.25) is 0 Å². The molecule has 2 heteroatoms. The van der Waals surface area contributed by atoms with Crippen molar-refractivity contribution in [2.75, 3.05) is 6.54 Å². The summed E-state index contributed by atoms with van der Waals surface area (Å²) >= 11 is 0. The lowest BCUT2D eigenvalue weighted by Gasteiger charge is -2.27. The fourth-order valence-electron chi connectivity index (χ4n) is 2.28. The van der Waals surface area contributed by atoms with Crippen molar-refractivity contribution >= 4 is 0 Å². The Balaban J connectivity index is 2.56. The van der Waals surface area contributed by atoms with Crippen LogP contribution in [-0.2, 0) is 0 Å². The molecule has 0 heterocycles. The Bertz CT molecular complexity index is 340. The molecule has 0 radical (unpaired) electrons. The largest absolute Gasteiger partial charge is 0.393 e. The summed E-state index contributed by atoms with van der Waals surface area (Å²) < 4.78 is 0. The molecule has 0 aliphatic rings. The van der Waals surface area contributed by atoms with Crippen molar-refractivity contribution in [2.45, 2.75) is 59.1 Å². The van der Waals surface area contributed by atoms with Gasteiger partial charge in [-0.05, 0) is 43.7 Å². The maximum Gasteiger partial charge on any atom is 0.0512 e. The van der Waals surface area contributed by atoms with Gasteiger partial charge in [-0.3, -0.25) is 0 Å². The Morgan fingerprint density at radius 2 is 1.79 bits per heavy atom. The van der Waals surface area contributed by atoms with E-state index in [1.165, 1.54) is 5.56 Å². The average Bonchev–Trinajstić information content (AvgIpc) is 2.32. The molecule has 0 aliphatic heterocycles. The van der Waals surface area contributed by atoms with E-state index in [0.717, 1.165) is 25.8 Å². The van der Waals surface area contributed by atoms with E-state index in [9.17, 15) is 5.11 Å². The predicted octanol–water partition coefficient (Wildman–Crippen LogP) is 3.91. The molecule has 2 N–H and O–H groups in total. The summed E-state index contributed by atoms with van der Waals surface area (Å²) in [6, 6.07) is 11.0. The van der Waals surface area contributed by atoms with Gasteiger partial charge < -0.3 is 10.4 Å². The smallest absolute Gasteiger partial charge is 0.0512 e. The summed E-state index contributed by atoms with van der Waals surface area (Å²) in [5.41, 5.74) is 1.66. The monoisotopic (exact) mass is 263 g/mol. The van der Waals surface area contributed by atoms with Crippen molar-refractivity contribution in [2.24, 2.45) is 5.41 Å². The topological polar surface area (TPSA) is 32.3 Å². The van der Waals surface area contributed by atoms with Gasteiger partial charge in [-0.25, -0.2) is 0 Å². The van der Waals surface area contributed by atoms with Gasteiger partial charge in [0.05, 0.1) is 6.10 Å². The standard InChI is InChI=1S/C17H29NO/c1-14(19)9-8-12-18-16(13-17(2,3)4)15-10-6-5-7-11-15/h5-7,10-11,14,16,18-19H,8-9,12-13H2,1-4H3. The molecule has 1 rings (SSSR count). The van der Waals surface area contributed by atoms with Crippen molar-refractivity contribution in [1.29, 1.82) is 0 Å². The zero-order valence-corrected chi connectivity index (χ0v) is 12.8. The second-order valence-electron chi connectivity index (χ2n) is 6.67. The molecule has 2 nitrogen and oxygen atoms in total. The van der Waals surface area contributed by atoms with Gasteiger partial charge in [-0.15, -0.1) is 0 Å². The molecule has 0 fully saturated rings. The molecule has 19 heavy (non-hydrogen) atoms. The Hall–Kier alpha value is -0.860. The SMILES string of the molecule is CC(O)CCCNC(CC(C)(C)C)c1ccccc1. The van der Waals surface area contributed by atoms with Gasteiger partial charge in [0.1, 0.15) is 0 Å². The Morgan fingerprint density at radius 1 is 1.16 bits per heavy atom. The van der Waals surface area contributed by atoms with Crippen molar-refractivity contribution < 1.29 is 5.11 Å². The van der Waals surface area contributed by atoms with E-state index in [0.29, 0.717) is 11.5 Å². The lowest BCUT2D eigenvalue weighted by molar-refractivity contribution is 0.180. The quantitative estimate of drug-likeness (QED) is 0.731. The van der Waals surface area contributed by atoms with Crippen LogP contribution in [0.15, 0.2) is 30.3 Å². The second kappa shape index (κ2) is 7.66. The van der Waals surface area contributed by atoms with E-state index in [1.807, 2.05) is 6.92 Å².